The predicted octanol–water partition coefficient (Wildman–Crippen LogP) is 1.85. The fourth-order valence-electron chi connectivity index (χ4n) is 2.10. The van der Waals surface area contributed by atoms with Gasteiger partial charge in [-0.1, -0.05) is 6.08 Å². The standard InChI is InChI=1S/C13H24N2OS/c1-4-5-7-13(16)15-8-6-9-17-11-12(15)10-14(2)3/h4,12H,1,5-11H2,2-3H3. The fraction of sp³-hybridized carbons (Fsp3) is 0.769. The third kappa shape index (κ3) is 5.13. The first-order valence-electron chi connectivity index (χ1n) is 6.28. The third-order valence-electron chi connectivity index (χ3n) is 2.90. The van der Waals surface area contributed by atoms with E-state index in [4.69, 9.17) is 0 Å². The zero-order chi connectivity index (χ0) is 12.7. The van der Waals surface area contributed by atoms with Crippen LogP contribution in [0.5, 0.6) is 0 Å². The first-order chi connectivity index (χ1) is 8.15. The molecule has 1 unspecified atom stereocenters. The van der Waals surface area contributed by atoms with E-state index in [1.165, 1.54) is 5.75 Å². The van der Waals surface area contributed by atoms with Crippen LogP contribution in [0.25, 0.3) is 0 Å². The van der Waals surface area contributed by atoms with Gasteiger partial charge in [-0.05, 0) is 32.7 Å². The van der Waals surface area contributed by atoms with Crippen molar-refractivity contribution in [1.82, 2.24) is 9.80 Å². The van der Waals surface area contributed by atoms with E-state index in [9.17, 15) is 4.79 Å². The van der Waals surface area contributed by atoms with Crippen molar-refractivity contribution in [2.45, 2.75) is 25.3 Å². The predicted molar refractivity (Wildman–Crippen MR) is 75.4 cm³/mol. The molecule has 0 spiro atoms. The second-order valence-electron chi connectivity index (χ2n) is 4.76. The average Bonchev–Trinajstić information content (AvgIpc) is 2.50. The minimum atomic E-state index is 0.291. The van der Waals surface area contributed by atoms with Crippen LogP contribution >= 0.6 is 11.8 Å². The second-order valence-corrected chi connectivity index (χ2v) is 5.91. The van der Waals surface area contributed by atoms with Crippen LogP contribution in [-0.2, 0) is 4.79 Å². The summed E-state index contributed by atoms with van der Waals surface area (Å²) in [6.45, 7) is 5.56. The summed E-state index contributed by atoms with van der Waals surface area (Å²) in [5, 5.41) is 0. The third-order valence-corrected chi connectivity index (χ3v) is 4.10. The number of amides is 1. The molecule has 0 aliphatic carbocycles. The Morgan fingerprint density at radius 1 is 1.59 bits per heavy atom. The highest BCUT2D eigenvalue weighted by atomic mass is 32.2. The van der Waals surface area contributed by atoms with Gasteiger partial charge in [-0.2, -0.15) is 11.8 Å². The summed E-state index contributed by atoms with van der Waals surface area (Å²) in [6.07, 6.45) is 4.34. The van der Waals surface area contributed by atoms with Crippen LogP contribution in [0.15, 0.2) is 12.7 Å². The second kappa shape index (κ2) is 7.77. The molecule has 3 nitrogen and oxygen atoms in total. The van der Waals surface area contributed by atoms with Gasteiger partial charge in [0.25, 0.3) is 0 Å². The van der Waals surface area contributed by atoms with Gasteiger partial charge in [0.2, 0.25) is 5.91 Å². The minimum absolute atomic E-state index is 0.291. The lowest BCUT2D eigenvalue weighted by atomic mass is 10.2. The van der Waals surface area contributed by atoms with Crippen molar-refractivity contribution in [1.29, 1.82) is 0 Å². The van der Waals surface area contributed by atoms with Crippen LogP contribution < -0.4 is 0 Å². The van der Waals surface area contributed by atoms with Gasteiger partial charge in [-0.15, -0.1) is 6.58 Å². The topological polar surface area (TPSA) is 23.6 Å². The highest BCUT2D eigenvalue weighted by Gasteiger charge is 2.25. The Morgan fingerprint density at radius 3 is 3.00 bits per heavy atom. The van der Waals surface area contributed by atoms with Crippen molar-refractivity contribution in [2.75, 3.05) is 38.7 Å². The molecule has 0 bridgehead atoms. The summed E-state index contributed by atoms with van der Waals surface area (Å²) >= 11 is 1.97. The van der Waals surface area contributed by atoms with Crippen molar-refractivity contribution < 1.29 is 4.79 Å². The molecular weight excluding hydrogens is 232 g/mol. The van der Waals surface area contributed by atoms with Gasteiger partial charge in [-0.25, -0.2) is 0 Å². The van der Waals surface area contributed by atoms with Crippen LogP contribution in [0.1, 0.15) is 19.3 Å². The van der Waals surface area contributed by atoms with Crippen molar-refractivity contribution in [2.24, 2.45) is 0 Å². The summed E-state index contributed by atoms with van der Waals surface area (Å²) in [5.41, 5.74) is 0. The monoisotopic (exact) mass is 256 g/mol. The molecule has 4 heteroatoms. The first-order valence-corrected chi connectivity index (χ1v) is 7.43. The number of nitrogens with zero attached hydrogens (tertiary/aromatic N) is 2. The Hall–Kier alpha value is -0.480. The lowest BCUT2D eigenvalue weighted by molar-refractivity contribution is -0.133. The SMILES string of the molecule is C=CCCC(=O)N1CCCSCC1CN(C)C. The number of allylic oxidation sites excluding steroid dienone is 1. The Balaban J connectivity index is 2.60. The minimum Gasteiger partial charge on any atom is -0.338 e. The van der Waals surface area contributed by atoms with E-state index in [1.54, 1.807) is 0 Å². The highest BCUT2D eigenvalue weighted by molar-refractivity contribution is 7.99. The molecule has 1 saturated heterocycles. The van der Waals surface area contributed by atoms with Gasteiger partial charge >= 0.3 is 0 Å². The number of thioether (sulfide) groups is 1. The summed E-state index contributed by atoms with van der Waals surface area (Å²) < 4.78 is 0. The molecule has 1 rings (SSSR count). The molecule has 0 aromatic carbocycles. The van der Waals surface area contributed by atoms with Crippen LogP contribution in [-0.4, -0.2) is 60.4 Å². The van der Waals surface area contributed by atoms with Crippen molar-refractivity contribution in [3.63, 3.8) is 0 Å². The summed E-state index contributed by atoms with van der Waals surface area (Å²) in [5.74, 6) is 2.53. The number of hydrogen-bond donors (Lipinski definition) is 0. The van der Waals surface area contributed by atoms with Gasteiger partial charge in [0.05, 0.1) is 6.04 Å². The fourth-order valence-corrected chi connectivity index (χ4v) is 3.16. The number of rotatable bonds is 5. The van der Waals surface area contributed by atoms with Crippen LogP contribution in [0, 0.1) is 0 Å². The van der Waals surface area contributed by atoms with Crippen molar-refractivity contribution >= 4 is 17.7 Å². The quantitative estimate of drug-likeness (QED) is 0.701. The maximum absolute atomic E-state index is 12.2. The molecule has 0 aromatic heterocycles. The van der Waals surface area contributed by atoms with E-state index >= 15 is 0 Å². The Morgan fingerprint density at radius 2 is 2.35 bits per heavy atom. The number of carbonyl (C=O) groups is 1. The van der Waals surface area contributed by atoms with Gasteiger partial charge in [0.15, 0.2) is 0 Å². The van der Waals surface area contributed by atoms with Crippen molar-refractivity contribution in [3.05, 3.63) is 12.7 Å². The molecule has 1 heterocycles. The molecule has 1 amide bonds. The average molecular weight is 256 g/mol. The Bertz CT molecular complexity index is 256. The number of likely N-dealkylation sites (N-methyl/N-ethyl adjacent to an activating group) is 1. The Kier molecular flexibility index (Phi) is 6.66. The summed E-state index contributed by atoms with van der Waals surface area (Å²) in [4.78, 5) is 16.4. The van der Waals surface area contributed by atoms with Crippen molar-refractivity contribution in [3.8, 4) is 0 Å². The summed E-state index contributed by atoms with van der Waals surface area (Å²) in [7, 11) is 4.14. The molecular formula is C13H24N2OS. The highest BCUT2D eigenvalue weighted by Crippen LogP contribution is 2.18. The zero-order valence-electron chi connectivity index (χ0n) is 11.0. The number of carbonyl (C=O) groups excluding carboxylic acids is 1. The van der Waals surface area contributed by atoms with E-state index in [-0.39, 0.29) is 0 Å². The van der Waals surface area contributed by atoms with E-state index in [0.717, 1.165) is 31.7 Å². The van der Waals surface area contributed by atoms with Crippen LogP contribution in [0.3, 0.4) is 0 Å². The number of hydrogen-bond acceptors (Lipinski definition) is 3. The Labute approximate surface area is 109 Å². The first kappa shape index (κ1) is 14.6. The lowest BCUT2D eigenvalue weighted by Crippen LogP contribution is -2.46. The molecule has 1 fully saturated rings. The lowest BCUT2D eigenvalue weighted by Gasteiger charge is -2.31. The maximum Gasteiger partial charge on any atom is 0.223 e. The van der Waals surface area contributed by atoms with Crippen LogP contribution in [0.4, 0.5) is 0 Å². The molecule has 1 aliphatic heterocycles. The largest absolute Gasteiger partial charge is 0.338 e. The molecule has 17 heavy (non-hydrogen) atoms. The van der Waals surface area contributed by atoms with Gasteiger partial charge in [0.1, 0.15) is 0 Å². The zero-order valence-corrected chi connectivity index (χ0v) is 11.8. The molecule has 98 valence electrons. The molecule has 0 aromatic rings. The van der Waals surface area contributed by atoms with Gasteiger partial charge < -0.3 is 9.80 Å². The molecule has 1 aliphatic rings. The van der Waals surface area contributed by atoms with E-state index in [1.807, 2.05) is 17.8 Å². The van der Waals surface area contributed by atoms with E-state index < -0.39 is 0 Å². The maximum atomic E-state index is 12.2. The van der Waals surface area contributed by atoms with E-state index in [2.05, 4.69) is 30.5 Å². The normalized spacial score (nSPS) is 21.4. The molecule has 0 N–H and O–H groups in total. The molecule has 1 atom stereocenters. The van der Waals surface area contributed by atoms with Crippen LogP contribution in [0.2, 0.25) is 0 Å². The summed E-state index contributed by atoms with van der Waals surface area (Å²) in [6, 6.07) is 0.370. The molecule has 0 radical (unpaired) electrons. The van der Waals surface area contributed by atoms with Gasteiger partial charge in [0, 0.05) is 25.3 Å². The molecule has 0 saturated carbocycles. The van der Waals surface area contributed by atoms with E-state index in [0.29, 0.717) is 18.4 Å². The smallest absolute Gasteiger partial charge is 0.223 e. The van der Waals surface area contributed by atoms with Gasteiger partial charge in [-0.3, -0.25) is 4.79 Å².